The average molecular weight is 383 g/mol. The van der Waals surface area contributed by atoms with Crippen molar-refractivity contribution in [3.63, 3.8) is 0 Å². The highest BCUT2D eigenvalue weighted by Crippen LogP contribution is 2.20. The molecule has 2 heterocycles. The van der Waals surface area contributed by atoms with Crippen molar-refractivity contribution >= 4 is 23.0 Å². The van der Waals surface area contributed by atoms with E-state index < -0.39 is 0 Å². The summed E-state index contributed by atoms with van der Waals surface area (Å²) >= 11 is 0. The Bertz CT molecular complexity index is 769. The molecular weight excluding hydrogens is 352 g/mol. The molecule has 0 unspecified atom stereocenters. The van der Waals surface area contributed by atoms with E-state index >= 15 is 0 Å². The minimum Gasteiger partial charge on any atom is -0.384 e. The highest BCUT2D eigenvalue weighted by Gasteiger charge is 2.14. The Morgan fingerprint density at radius 3 is 2.46 bits per heavy atom. The van der Waals surface area contributed by atoms with Crippen LogP contribution < -0.4 is 15.5 Å². The van der Waals surface area contributed by atoms with Gasteiger partial charge in [-0.1, -0.05) is 0 Å². The number of likely N-dealkylation sites (N-methyl/N-ethyl adjacent to an activating group) is 2. The van der Waals surface area contributed by atoms with E-state index in [0.29, 0.717) is 5.69 Å². The lowest BCUT2D eigenvalue weighted by atomic mass is 10.2. The maximum atomic E-state index is 12.5. The molecule has 7 heteroatoms. The van der Waals surface area contributed by atoms with Crippen molar-refractivity contribution in [1.82, 2.24) is 14.8 Å². The monoisotopic (exact) mass is 382 g/mol. The number of pyridine rings is 1. The molecule has 1 aromatic heterocycles. The van der Waals surface area contributed by atoms with Gasteiger partial charge in [0.1, 0.15) is 5.69 Å². The van der Waals surface area contributed by atoms with Crippen LogP contribution in [0, 0.1) is 0 Å². The molecule has 2 N–H and O–H groups in total. The highest BCUT2D eigenvalue weighted by atomic mass is 16.1. The van der Waals surface area contributed by atoms with Gasteiger partial charge >= 0.3 is 0 Å². The molecule has 0 spiro atoms. The molecule has 1 saturated heterocycles. The maximum Gasteiger partial charge on any atom is 0.274 e. The van der Waals surface area contributed by atoms with Crippen molar-refractivity contribution in [2.24, 2.45) is 0 Å². The Balaban J connectivity index is 1.57. The number of piperazine rings is 1. The van der Waals surface area contributed by atoms with Gasteiger partial charge in [-0.05, 0) is 57.5 Å². The van der Waals surface area contributed by atoms with Crippen LogP contribution in [0.3, 0.4) is 0 Å². The fraction of sp³-hybridized carbons (Fsp3) is 0.429. The number of hydrogen-bond acceptors (Lipinski definition) is 6. The zero-order valence-electron chi connectivity index (χ0n) is 17.0. The minimum absolute atomic E-state index is 0.205. The van der Waals surface area contributed by atoms with E-state index in [9.17, 15) is 4.79 Å². The van der Waals surface area contributed by atoms with Crippen molar-refractivity contribution in [2.75, 3.05) is 75.9 Å². The van der Waals surface area contributed by atoms with Crippen LogP contribution in [-0.2, 0) is 0 Å². The van der Waals surface area contributed by atoms with Crippen molar-refractivity contribution in [1.29, 1.82) is 0 Å². The number of amides is 1. The molecule has 7 nitrogen and oxygen atoms in total. The second kappa shape index (κ2) is 9.52. The molecular formula is C21H30N6O. The summed E-state index contributed by atoms with van der Waals surface area (Å²) in [6, 6.07) is 11.7. The van der Waals surface area contributed by atoms with Crippen LogP contribution in [0.4, 0.5) is 17.1 Å². The molecule has 1 aromatic carbocycles. The topological polar surface area (TPSA) is 63.7 Å². The van der Waals surface area contributed by atoms with Crippen LogP contribution in [-0.4, -0.2) is 81.1 Å². The zero-order valence-corrected chi connectivity index (χ0v) is 17.0. The van der Waals surface area contributed by atoms with Gasteiger partial charge in [0.25, 0.3) is 5.91 Å². The van der Waals surface area contributed by atoms with Crippen LogP contribution in [0.1, 0.15) is 10.5 Å². The lowest BCUT2D eigenvalue weighted by Gasteiger charge is -2.34. The summed E-state index contributed by atoms with van der Waals surface area (Å²) in [4.78, 5) is 23.6. The van der Waals surface area contributed by atoms with Gasteiger partial charge in [0, 0.05) is 62.5 Å². The van der Waals surface area contributed by atoms with Gasteiger partial charge in [-0.25, -0.2) is 0 Å². The second-order valence-corrected chi connectivity index (χ2v) is 7.45. The average Bonchev–Trinajstić information content (AvgIpc) is 2.69. The van der Waals surface area contributed by atoms with Gasteiger partial charge in [0.05, 0.1) is 0 Å². The first-order valence-corrected chi connectivity index (χ1v) is 9.71. The van der Waals surface area contributed by atoms with Crippen LogP contribution in [0.25, 0.3) is 0 Å². The first-order chi connectivity index (χ1) is 13.5. The summed E-state index contributed by atoms with van der Waals surface area (Å²) in [5, 5.41) is 6.24. The van der Waals surface area contributed by atoms with E-state index in [4.69, 9.17) is 0 Å². The molecule has 1 amide bonds. The Morgan fingerprint density at radius 1 is 1.07 bits per heavy atom. The Kier molecular flexibility index (Phi) is 6.84. The molecule has 3 rings (SSSR count). The van der Waals surface area contributed by atoms with Gasteiger partial charge in [-0.3, -0.25) is 9.78 Å². The van der Waals surface area contributed by atoms with E-state index in [1.807, 2.05) is 32.3 Å². The number of anilines is 3. The largest absolute Gasteiger partial charge is 0.384 e. The summed E-state index contributed by atoms with van der Waals surface area (Å²) < 4.78 is 0. The number of rotatable bonds is 7. The maximum absolute atomic E-state index is 12.5. The highest BCUT2D eigenvalue weighted by molar-refractivity contribution is 6.03. The van der Waals surface area contributed by atoms with E-state index in [2.05, 4.69) is 49.5 Å². The Morgan fingerprint density at radius 2 is 1.79 bits per heavy atom. The molecule has 0 atom stereocenters. The predicted octanol–water partition coefficient (Wildman–Crippen LogP) is 2.06. The summed E-state index contributed by atoms with van der Waals surface area (Å²) in [5.74, 6) is -0.205. The molecule has 0 radical (unpaired) electrons. The first-order valence-electron chi connectivity index (χ1n) is 9.71. The lowest BCUT2D eigenvalue weighted by Crippen LogP contribution is -2.44. The Labute approximate surface area is 167 Å². The number of hydrogen-bond donors (Lipinski definition) is 2. The van der Waals surface area contributed by atoms with Gasteiger partial charge in [-0.15, -0.1) is 0 Å². The standard InChI is InChI=1S/C21H30N6O/c1-25(2)11-10-22-18-8-9-23-20(16-18)21(28)24-17-4-6-19(7-5-17)27-14-12-26(3)13-15-27/h4-9,16H,10-15H2,1-3H3,(H,22,23)(H,24,28). The molecule has 0 bridgehead atoms. The fourth-order valence-corrected chi connectivity index (χ4v) is 3.10. The first kappa shape index (κ1) is 20.1. The molecule has 0 aliphatic carbocycles. The van der Waals surface area contributed by atoms with Crippen LogP contribution >= 0.6 is 0 Å². The third-order valence-electron chi connectivity index (χ3n) is 4.87. The molecule has 2 aromatic rings. The molecule has 1 aliphatic heterocycles. The van der Waals surface area contributed by atoms with Gasteiger partial charge in [0.15, 0.2) is 0 Å². The number of nitrogens with one attached hydrogen (secondary N) is 2. The summed E-state index contributed by atoms with van der Waals surface area (Å²) in [5.41, 5.74) is 3.26. The molecule has 0 saturated carbocycles. The zero-order chi connectivity index (χ0) is 19.9. The smallest absolute Gasteiger partial charge is 0.274 e. The third-order valence-corrected chi connectivity index (χ3v) is 4.87. The summed E-state index contributed by atoms with van der Waals surface area (Å²) in [7, 11) is 6.21. The van der Waals surface area contributed by atoms with Crippen molar-refractivity contribution < 1.29 is 4.79 Å². The minimum atomic E-state index is -0.205. The number of carbonyl (C=O) groups excluding carboxylic acids is 1. The van der Waals surface area contributed by atoms with Crippen molar-refractivity contribution in [2.45, 2.75) is 0 Å². The molecule has 1 aliphatic rings. The SMILES string of the molecule is CN(C)CCNc1ccnc(C(=O)Nc2ccc(N3CCN(C)CC3)cc2)c1. The van der Waals surface area contributed by atoms with Gasteiger partial charge in [-0.2, -0.15) is 0 Å². The van der Waals surface area contributed by atoms with Crippen molar-refractivity contribution in [3.05, 3.63) is 48.3 Å². The lowest BCUT2D eigenvalue weighted by molar-refractivity contribution is 0.102. The van der Waals surface area contributed by atoms with Crippen molar-refractivity contribution in [3.8, 4) is 0 Å². The van der Waals surface area contributed by atoms with E-state index in [1.165, 1.54) is 5.69 Å². The van der Waals surface area contributed by atoms with Crippen LogP contribution in [0.2, 0.25) is 0 Å². The van der Waals surface area contributed by atoms with Crippen LogP contribution in [0.5, 0.6) is 0 Å². The van der Waals surface area contributed by atoms with Crippen LogP contribution in [0.15, 0.2) is 42.6 Å². The van der Waals surface area contributed by atoms with E-state index in [1.54, 1.807) is 12.3 Å². The van der Waals surface area contributed by atoms with E-state index in [-0.39, 0.29) is 5.91 Å². The number of benzene rings is 1. The molecule has 1 fully saturated rings. The van der Waals surface area contributed by atoms with Gasteiger partial charge < -0.3 is 25.3 Å². The Hall–Kier alpha value is -2.64. The third kappa shape index (κ3) is 5.68. The number of nitrogens with zero attached hydrogens (tertiary/aromatic N) is 4. The summed E-state index contributed by atoms with van der Waals surface area (Å²) in [6.45, 7) is 5.93. The number of aromatic nitrogens is 1. The fourth-order valence-electron chi connectivity index (χ4n) is 3.10. The molecule has 150 valence electrons. The quantitative estimate of drug-likeness (QED) is 0.764. The number of carbonyl (C=O) groups is 1. The second-order valence-electron chi connectivity index (χ2n) is 7.45. The molecule has 28 heavy (non-hydrogen) atoms. The van der Waals surface area contributed by atoms with Gasteiger partial charge in [0.2, 0.25) is 0 Å². The summed E-state index contributed by atoms with van der Waals surface area (Å²) in [6.07, 6.45) is 1.66. The van der Waals surface area contributed by atoms with E-state index in [0.717, 1.165) is 50.6 Å². The predicted molar refractivity (Wildman–Crippen MR) is 115 cm³/mol. The normalized spacial score (nSPS) is 14.9.